The van der Waals surface area contributed by atoms with Crippen molar-refractivity contribution in [1.29, 1.82) is 0 Å². The first-order chi connectivity index (χ1) is 16.9. The molecule has 2 heterocycles. The summed E-state index contributed by atoms with van der Waals surface area (Å²) in [5.41, 5.74) is 1.90. The number of anilines is 2. The average Bonchev–Trinajstić information content (AvgIpc) is 3.31. The van der Waals surface area contributed by atoms with E-state index in [0.717, 1.165) is 17.1 Å². The third kappa shape index (κ3) is 4.79. The minimum atomic E-state index is -4.66. The summed E-state index contributed by atoms with van der Waals surface area (Å²) in [7, 11) is 1.52. The van der Waals surface area contributed by atoms with Gasteiger partial charge >= 0.3 is 6.18 Å². The fraction of sp³-hybridized carbons (Fsp3) is 0.115. The summed E-state index contributed by atoms with van der Waals surface area (Å²) in [5.74, 6) is 0.815. The predicted octanol–water partition coefficient (Wildman–Crippen LogP) is 6.39. The number of H-pyrrole nitrogens is 1. The summed E-state index contributed by atoms with van der Waals surface area (Å²) in [6, 6.07) is 24.4. The number of para-hydroxylation sites is 2. The molecule has 0 aliphatic rings. The van der Waals surface area contributed by atoms with Crippen molar-refractivity contribution in [3.63, 3.8) is 0 Å². The van der Waals surface area contributed by atoms with E-state index >= 15 is 0 Å². The van der Waals surface area contributed by atoms with Crippen LogP contribution in [0.2, 0.25) is 0 Å². The Hall–Kier alpha value is -4.40. The van der Waals surface area contributed by atoms with E-state index in [1.54, 1.807) is 29.2 Å². The summed E-state index contributed by atoms with van der Waals surface area (Å²) in [5, 5.41) is 0. The lowest BCUT2D eigenvalue weighted by Crippen LogP contribution is -2.22. The van der Waals surface area contributed by atoms with Crippen molar-refractivity contribution < 1.29 is 17.9 Å². The number of ether oxygens (including phenoxy) is 1. The van der Waals surface area contributed by atoms with Crippen LogP contribution in [0, 0.1) is 0 Å². The van der Waals surface area contributed by atoms with Crippen LogP contribution in [0.5, 0.6) is 5.75 Å². The Morgan fingerprint density at radius 2 is 1.57 bits per heavy atom. The number of aromatic nitrogens is 4. The first-order valence-electron chi connectivity index (χ1n) is 10.8. The molecule has 176 valence electrons. The number of nitrogens with one attached hydrogen (secondary N) is 1. The molecule has 0 radical (unpaired) electrons. The van der Waals surface area contributed by atoms with Crippen molar-refractivity contribution in [3.05, 3.63) is 96.2 Å². The second-order valence-corrected chi connectivity index (χ2v) is 7.81. The van der Waals surface area contributed by atoms with Crippen molar-refractivity contribution >= 4 is 22.9 Å². The Morgan fingerprint density at radius 3 is 2.26 bits per heavy atom. The molecular weight excluding hydrogens is 455 g/mol. The molecule has 35 heavy (non-hydrogen) atoms. The van der Waals surface area contributed by atoms with Crippen LogP contribution in [-0.4, -0.2) is 27.0 Å². The lowest BCUT2D eigenvalue weighted by atomic mass is 10.1. The summed E-state index contributed by atoms with van der Waals surface area (Å²) in [6.07, 6.45) is -4.66. The number of benzene rings is 3. The number of methoxy groups -OCH3 is 1. The zero-order valence-corrected chi connectivity index (χ0v) is 18.6. The zero-order valence-electron chi connectivity index (χ0n) is 18.6. The molecular formula is C26H20F3N5O. The van der Waals surface area contributed by atoms with E-state index in [9.17, 15) is 13.2 Å². The van der Waals surface area contributed by atoms with E-state index in [4.69, 9.17) is 4.74 Å². The van der Waals surface area contributed by atoms with Gasteiger partial charge in [-0.3, -0.25) is 4.90 Å². The molecule has 0 fully saturated rings. The third-order valence-electron chi connectivity index (χ3n) is 5.45. The lowest BCUT2D eigenvalue weighted by molar-refractivity contribution is -0.141. The lowest BCUT2D eigenvalue weighted by Gasteiger charge is -2.22. The Labute approximate surface area is 199 Å². The predicted molar refractivity (Wildman–Crippen MR) is 127 cm³/mol. The number of aromatic amines is 1. The molecule has 0 spiro atoms. The summed E-state index contributed by atoms with van der Waals surface area (Å²) in [4.78, 5) is 17.8. The van der Waals surface area contributed by atoms with Gasteiger partial charge in [0.1, 0.15) is 5.75 Å². The number of hydrogen-bond acceptors (Lipinski definition) is 5. The van der Waals surface area contributed by atoms with E-state index in [2.05, 4.69) is 19.9 Å². The second-order valence-electron chi connectivity index (χ2n) is 7.81. The molecule has 0 aliphatic heterocycles. The summed E-state index contributed by atoms with van der Waals surface area (Å²) in [6.45, 7) is 0.212. The van der Waals surface area contributed by atoms with Gasteiger partial charge in [0.25, 0.3) is 0 Å². The summed E-state index contributed by atoms with van der Waals surface area (Å²) < 4.78 is 46.8. The largest absolute Gasteiger partial charge is 0.497 e. The maximum Gasteiger partial charge on any atom is 0.433 e. The van der Waals surface area contributed by atoms with Crippen LogP contribution in [0.25, 0.3) is 22.3 Å². The quantitative estimate of drug-likeness (QED) is 0.308. The molecule has 0 saturated carbocycles. The Bertz CT molecular complexity index is 1420. The van der Waals surface area contributed by atoms with Crippen molar-refractivity contribution in [1.82, 2.24) is 19.9 Å². The van der Waals surface area contributed by atoms with Gasteiger partial charge in [-0.1, -0.05) is 42.5 Å². The van der Waals surface area contributed by atoms with Gasteiger partial charge in [-0.25, -0.2) is 15.0 Å². The molecule has 9 heteroatoms. The molecule has 0 amide bonds. The molecule has 0 aliphatic carbocycles. The Kier molecular flexibility index (Phi) is 5.82. The highest BCUT2D eigenvalue weighted by Gasteiger charge is 2.35. The van der Waals surface area contributed by atoms with Crippen LogP contribution < -0.4 is 9.64 Å². The van der Waals surface area contributed by atoms with E-state index in [1.165, 1.54) is 7.11 Å². The van der Waals surface area contributed by atoms with Crippen LogP contribution in [0.15, 0.2) is 84.9 Å². The van der Waals surface area contributed by atoms with E-state index < -0.39 is 11.9 Å². The molecule has 1 N–H and O–H groups in total. The topological polar surface area (TPSA) is 66.9 Å². The van der Waals surface area contributed by atoms with Crippen LogP contribution in [0.1, 0.15) is 11.3 Å². The van der Waals surface area contributed by atoms with Crippen LogP contribution in [0.4, 0.5) is 25.1 Å². The number of imidazole rings is 1. The molecule has 6 nitrogen and oxygen atoms in total. The van der Waals surface area contributed by atoms with Gasteiger partial charge in [-0.2, -0.15) is 13.2 Å². The van der Waals surface area contributed by atoms with Crippen molar-refractivity contribution in [2.24, 2.45) is 0 Å². The average molecular weight is 475 g/mol. The van der Waals surface area contributed by atoms with Crippen LogP contribution in [-0.2, 0) is 12.7 Å². The van der Waals surface area contributed by atoms with Gasteiger partial charge < -0.3 is 9.72 Å². The first-order valence-corrected chi connectivity index (χ1v) is 10.8. The molecule has 5 rings (SSSR count). The van der Waals surface area contributed by atoms with Gasteiger partial charge in [-0.05, 0) is 48.0 Å². The van der Waals surface area contributed by atoms with Gasteiger partial charge in [0.15, 0.2) is 5.69 Å². The zero-order chi connectivity index (χ0) is 24.4. The highest BCUT2D eigenvalue weighted by molar-refractivity contribution is 5.78. The Balaban J connectivity index is 1.67. The van der Waals surface area contributed by atoms with Crippen molar-refractivity contribution in [2.75, 3.05) is 12.0 Å². The second kappa shape index (κ2) is 9.09. The molecule has 5 aromatic rings. The third-order valence-corrected chi connectivity index (χ3v) is 5.45. The highest BCUT2D eigenvalue weighted by atomic mass is 19.4. The van der Waals surface area contributed by atoms with E-state index in [1.807, 2.05) is 54.6 Å². The summed E-state index contributed by atoms with van der Waals surface area (Å²) >= 11 is 0. The number of alkyl halides is 3. The van der Waals surface area contributed by atoms with Crippen molar-refractivity contribution in [3.8, 4) is 17.0 Å². The smallest absolute Gasteiger partial charge is 0.433 e. The molecule has 0 saturated heterocycles. The molecule has 0 atom stereocenters. The minimum absolute atomic E-state index is 0.117. The molecule has 0 bridgehead atoms. The first kappa shape index (κ1) is 22.4. The van der Waals surface area contributed by atoms with Crippen LogP contribution >= 0.6 is 0 Å². The van der Waals surface area contributed by atoms with Crippen LogP contribution in [0.3, 0.4) is 0 Å². The fourth-order valence-corrected chi connectivity index (χ4v) is 3.68. The standard InChI is InChI=1S/C26H20F3N5O/c1-35-19-13-11-18(12-14-19)22-15-23(26(27,28)29)33-25(32-22)34(16-17-7-3-2-4-8-17)24-30-20-9-5-6-10-21(20)31-24/h2-15H,16H2,1H3,(H,30,31). The number of nitrogens with zero attached hydrogens (tertiary/aromatic N) is 4. The highest BCUT2D eigenvalue weighted by Crippen LogP contribution is 2.34. The maximum atomic E-state index is 13.9. The minimum Gasteiger partial charge on any atom is -0.497 e. The van der Waals surface area contributed by atoms with Crippen molar-refractivity contribution in [2.45, 2.75) is 12.7 Å². The van der Waals surface area contributed by atoms with Gasteiger partial charge in [0.2, 0.25) is 11.9 Å². The normalized spacial score (nSPS) is 11.5. The number of rotatable bonds is 6. The number of halogens is 3. The van der Waals surface area contributed by atoms with Gasteiger partial charge in [0.05, 0.1) is 30.4 Å². The van der Waals surface area contributed by atoms with Gasteiger partial charge in [0, 0.05) is 5.56 Å². The monoisotopic (exact) mass is 475 g/mol. The van der Waals surface area contributed by atoms with Gasteiger partial charge in [-0.15, -0.1) is 0 Å². The molecule has 0 unspecified atom stereocenters. The number of hydrogen-bond donors (Lipinski definition) is 1. The fourth-order valence-electron chi connectivity index (χ4n) is 3.68. The molecule has 3 aromatic carbocycles. The maximum absolute atomic E-state index is 13.9. The number of fused-ring (bicyclic) bond motifs is 1. The van der Waals surface area contributed by atoms with E-state index in [0.29, 0.717) is 22.8 Å². The van der Waals surface area contributed by atoms with E-state index in [-0.39, 0.29) is 18.2 Å². The molecule has 2 aromatic heterocycles. The Morgan fingerprint density at radius 1 is 0.857 bits per heavy atom. The SMILES string of the molecule is COc1ccc(-c2cc(C(F)(F)F)nc(N(Cc3ccccc3)c3nc4ccccc4[nH]3)n2)cc1.